The summed E-state index contributed by atoms with van der Waals surface area (Å²) in [7, 11) is 0. The number of hydrogen-bond acceptors (Lipinski definition) is 2. The first-order valence-electron chi connectivity index (χ1n) is 6.37. The highest BCUT2D eigenvalue weighted by molar-refractivity contribution is 5.81. The lowest BCUT2D eigenvalue weighted by Gasteiger charge is -2.34. The Morgan fingerprint density at radius 1 is 1.28 bits per heavy atom. The summed E-state index contributed by atoms with van der Waals surface area (Å²) < 4.78 is 2.00. The lowest BCUT2D eigenvalue weighted by molar-refractivity contribution is -0.130. The standard InChI is InChI=1S/C14H25N3O/c1-13(2,3)11(9-17-8-7-15-10-17)16-12(18)14(4,5)6/h7-8,10-11H,9H2,1-6H3,(H,16,18). The molecular weight excluding hydrogens is 226 g/mol. The zero-order chi connectivity index (χ0) is 14.0. The van der Waals surface area contributed by atoms with Crippen LogP contribution in [-0.2, 0) is 11.3 Å². The minimum atomic E-state index is -0.363. The molecule has 4 nitrogen and oxygen atoms in total. The molecule has 1 atom stereocenters. The topological polar surface area (TPSA) is 46.9 Å². The van der Waals surface area contributed by atoms with Crippen LogP contribution < -0.4 is 5.32 Å². The first-order valence-corrected chi connectivity index (χ1v) is 6.37. The van der Waals surface area contributed by atoms with Crippen LogP contribution in [-0.4, -0.2) is 21.5 Å². The third kappa shape index (κ3) is 4.17. The maximum Gasteiger partial charge on any atom is 0.225 e. The van der Waals surface area contributed by atoms with E-state index in [1.807, 2.05) is 31.5 Å². The van der Waals surface area contributed by atoms with Crippen LogP contribution in [0.15, 0.2) is 18.7 Å². The van der Waals surface area contributed by atoms with E-state index in [9.17, 15) is 4.79 Å². The number of hydrogen-bond donors (Lipinski definition) is 1. The molecule has 1 heterocycles. The van der Waals surface area contributed by atoms with E-state index >= 15 is 0 Å². The number of aromatic nitrogens is 2. The second kappa shape index (κ2) is 5.12. The molecular formula is C14H25N3O. The Balaban J connectivity index is 2.78. The van der Waals surface area contributed by atoms with Crippen LogP contribution in [0.1, 0.15) is 41.5 Å². The van der Waals surface area contributed by atoms with E-state index in [0.717, 1.165) is 6.54 Å². The van der Waals surface area contributed by atoms with Crippen molar-refractivity contribution in [1.82, 2.24) is 14.9 Å². The van der Waals surface area contributed by atoms with Gasteiger partial charge in [-0.2, -0.15) is 0 Å². The molecule has 0 aliphatic rings. The average Bonchev–Trinajstić information content (AvgIpc) is 2.66. The fourth-order valence-corrected chi connectivity index (χ4v) is 1.52. The molecule has 0 aliphatic carbocycles. The van der Waals surface area contributed by atoms with Gasteiger partial charge in [-0.25, -0.2) is 4.98 Å². The van der Waals surface area contributed by atoms with Gasteiger partial charge in [0.25, 0.3) is 0 Å². The van der Waals surface area contributed by atoms with E-state index < -0.39 is 0 Å². The largest absolute Gasteiger partial charge is 0.351 e. The van der Waals surface area contributed by atoms with Crippen molar-refractivity contribution in [3.05, 3.63) is 18.7 Å². The molecule has 0 radical (unpaired) electrons. The van der Waals surface area contributed by atoms with Crippen LogP contribution in [0.25, 0.3) is 0 Å². The maximum absolute atomic E-state index is 12.1. The number of amides is 1. The quantitative estimate of drug-likeness (QED) is 0.897. The highest BCUT2D eigenvalue weighted by Gasteiger charge is 2.30. The molecule has 1 aromatic heterocycles. The normalized spacial score (nSPS) is 14.3. The molecule has 102 valence electrons. The Bertz CT molecular complexity index is 382. The molecule has 0 fully saturated rings. The van der Waals surface area contributed by atoms with E-state index in [0.29, 0.717) is 0 Å². The minimum Gasteiger partial charge on any atom is -0.351 e. The molecule has 0 bridgehead atoms. The van der Waals surface area contributed by atoms with Crippen molar-refractivity contribution in [1.29, 1.82) is 0 Å². The fourth-order valence-electron chi connectivity index (χ4n) is 1.52. The van der Waals surface area contributed by atoms with E-state index in [1.54, 1.807) is 12.5 Å². The first kappa shape index (κ1) is 14.7. The molecule has 0 saturated carbocycles. The monoisotopic (exact) mass is 251 g/mol. The molecule has 0 spiro atoms. The predicted octanol–water partition coefficient (Wildman–Crippen LogP) is 2.46. The number of nitrogens with zero attached hydrogens (tertiary/aromatic N) is 2. The number of carbonyl (C=O) groups is 1. The summed E-state index contributed by atoms with van der Waals surface area (Å²) >= 11 is 0. The average molecular weight is 251 g/mol. The lowest BCUT2D eigenvalue weighted by atomic mass is 9.85. The third-order valence-electron chi connectivity index (χ3n) is 2.98. The Morgan fingerprint density at radius 3 is 2.28 bits per heavy atom. The molecule has 1 N–H and O–H groups in total. The van der Waals surface area contributed by atoms with Gasteiger partial charge in [0.1, 0.15) is 0 Å². The Morgan fingerprint density at radius 2 is 1.89 bits per heavy atom. The summed E-state index contributed by atoms with van der Waals surface area (Å²) in [5.41, 5.74) is -0.358. The molecule has 0 aliphatic heterocycles. The highest BCUT2D eigenvalue weighted by atomic mass is 16.2. The zero-order valence-electron chi connectivity index (χ0n) is 12.3. The molecule has 1 unspecified atom stereocenters. The van der Waals surface area contributed by atoms with Gasteiger partial charge in [0.2, 0.25) is 5.91 Å². The Labute approximate surface area is 110 Å². The van der Waals surface area contributed by atoms with E-state index in [1.165, 1.54) is 0 Å². The molecule has 1 rings (SSSR count). The summed E-state index contributed by atoms with van der Waals surface area (Å²) in [6.45, 7) is 12.9. The highest BCUT2D eigenvalue weighted by Crippen LogP contribution is 2.23. The molecule has 0 saturated heterocycles. The third-order valence-corrected chi connectivity index (χ3v) is 2.98. The molecule has 4 heteroatoms. The summed E-state index contributed by atoms with van der Waals surface area (Å²) in [5, 5.41) is 3.15. The van der Waals surface area contributed by atoms with Crippen molar-refractivity contribution in [3.63, 3.8) is 0 Å². The summed E-state index contributed by atoms with van der Waals surface area (Å²) in [6.07, 6.45) is 5.45. The fraction of sp³-hybridized carbons (Fsp3) is 0.714. The summed E-state index contributed by atoms with van der Waals surface area (Å²) in [4.78, 5) is 16.1. The molecule has 1 amide bonds. The van der Waals surface area contributed by atoms with E-state index in [2.05, 4.69) is 31.1 Å². The summed E-state index contributed by atoms with van der Waals surface area (Å²) in [6, 6.07) is 0.0819. The van der Waals surface area contributed by atoms with Crippen LogP contribution in [0, 0.1) is 10.8 Å². The van der Waals surface area contributed by atoms with Crippen LogP contribution in [0.4, 0.5) is 0 Å². The van der Waals surface area contributed by atoms with Crippen molar-refractivity contribution in [2.45, 2.75) is 54.1 Å². The Hall–Kier alpha value is -1.32. The van der Waals surface area contributed by atoms with Gasteiger partial charge in [-0.05, 0) is 5.41 Å². The second-order valence-electron chi connectivity index (χ2n) is 6.90. The number of nitrogens with one attached hydrogen (secondary N) is 1. The smallest absolute Gasteiger partial charge is 0.225 e. The van der Waals surface area contributed by atoms with Gasteiger partial charge in [-0.1, -0.05) is 41.5 Å². The first-order chi connectivity index (χ1) is 8.10. The van der Waals surface area contributed by atoms with Gasteiger partial charge >= 0.3 is 0 Å². The maximum atomic E-state index is 12.1. The predicted molar refractivity (Wildman–Crippen MR) is 73.1 cm³/mol. The Kier molecular flexibility index (Phi) is 4.20. The van der Waals surface area contributed by atoms with Crippen molar-refractivity contribution >= 4 is 5.91 Å². The molecule has 0 aromatic carbocycles. The van der Waals surface area contributed by atoms with E-state index in [4.69, 9.17) is 0 Å². The molecule has 1 aromatic rings. The number of imidazole rings is 1. The number of carbonyl (C=O) groups excluding carboxylic acids is 1. The van der Waals surface area contributed by atoms with Gasteiger partial charge in [-0.15, -0.1) is 0 Å². The SMILES string of the molecule is CC(C)(C)C(=O)NC(Cn1ccnc1)C(C)(C)C. The van der Waals surface area contributed by atoms with Crippen molar-refractivity contribution in [3.8, 4) is 0 Å². The minimum absolute atomic E-state index is 0.00514. The second-order valence-corrected chi connectivity index (χ2v) is 6.90. The van der Waals surface area contributed by atoms with Crippen LogP contribution in [0.5, 0.6) is 0 Å². The van der Waals surface area contributed by atoms with Crippen LogP contribution >= 0.6 is 0 Å². The molecule has 18 heavy (non-hydrogen) atoms. The van der Waals surface area contributed by atoms with Gasteiger partial charge in [-0.3, -0.25) is 4.79 Å². The number of rotatable bonds is 3. The van der Waals surface area contributed by atoms with Crippen molar-refractivity contribution in [2.24, 2.45) is 10.8 Å². The van der Waals surface area contributed by atoms with Crippen molar-refractivity contribution in [2.75, 3.05) is 0 Å². The van der Waals surface area contributed by atoms with Gasteiger partial charge < -0.3 is 9.88 Å². The van der Waals surface area contributed by atoms with Gasteiger partial charge in [0.15, 0.2) is 0 Å². The zero-order valence-corrected chi connectivity index (χ0v) is 12.3. The van der Waals surface area contributed by atoms with Crippen molar-refractivity contribution < 1.29 is 4.79 Å². The van der Waals surface area contributed by atoms with Crippen LogP contribution in [0.2, 0.25) is 0 Å². The summed E-state index contributed by atoms with van der Waals surface area (Å²) in [5.74, 6) is 0.0857. The van der Waals surface area contributed by atoms with Gasteiger partial charge in [0, 0.05) is 24.4 Å². The van der Waals surface area contributed by atoms with E-state index in [-0.39, 0.29) is 22.8 Å². The lowest BCUT2D eigenvalue weighted by Crippen LogP contribution is -2.49. The van der Waals surface area contributed by atoms with Crippen LogP contribution in [0.3, 0.4) is 0 Å². The van der Waals surface area contributed by atoms with Gasteiger partial charge in [0.05, 0.1) is 12.4 Å².